The number of carbonyl (C=O) groups excluding carboxylic acids is 1. The highest BCUT2D eigenvalue weighted by molar-refractivity contribution is 7.99. The molecule has 0 spiro atoms. The lowest BCUT2D eigenvalue weighted by atomic mass is 9.88. The van der Waals surface area contributed by atoms with Gasteiger partial charge in [-0.25, -0.2) is 4.79 Å². The molecule has 0 radical (unpaired) electrons. The summed E-state index contributed by atoms with van der Waals surface area (Å²) in [7, 11) is 0. The third kappa shape index (κ3) is 3.46. The minimum absolute atomic E-state index is 0.00105. The van der Waals surface area contributed by atoms with Crippen LogP contribution in [0.15, 0.2) is 24.3 Å². The molecule has 4 nitrogen and oxygen atoms in total. The summed E-state index contributed by atoms with van der Waals surface area (Å²) in [4.78, 5) is 13.4. The predicted molar refractivity (Wildman–Crippen MR) is 90.3 cm³/mol. The van der Waals surface area contributed by atoms with Crippen molar-refractivity contribution in [3.05, 3.63) is 24.3 Å². The van der Waals surface area contributed by atoms with E-state index < -0.39 is 0 Å². The van der Waals surface area contributed by atoms with Crippen LogP contribution in [0.25, 0.3) is 0 Å². The van der Waals surface area contributed by atoms with E-state index in [0.717, 1.165) is 24.5 Å². The maximum atomic E-state index is 11.6. The summed E-state index contributed by atoms with van der Waals surface area (Å²) in [6, 6.07) is 8.73. The van der Waals surface area contributed by atoms with Gasteiger partial charge in [-0.3, -0.25) is 4.90 Å². The summed E-state index contributed by atoms with van der Waals surface area (Å²) in [5, 5.41) is 6.45. The lowest BCUT2D eigenvalue weighted by Gasteiger charge is -2.35. The molecule has 2 aliphatic rings. The van der Waals surface area contributed by atoms with Gasteiger partial charge in [0, 0.05) is 36.3 Å². The first kappa shape index (κ1) is 14.6. The molecule has 2 saturated heterocycles. The Kier molecular flexibility index (Phi) is 4.02. The summed E-state index contributed by atoms with van der Waals surface area (Å²) >= 11 is 2.03. The first-order chi connectivity index (χ1) is 10.0. The van der Waals surface area contributed by atoms with Crippen molar-refractivity contribution in [3.8, 4) is 0 Å². The van der Waals surface area contributed by atoms with E-state index >= 15 is 0 Å². The Bertz CT molecular complexity index is 515. The second kappa shape index (κ2) is 5.79. The maximum absolute atomic E-state index is 11.6. The molecule has 114 valence electrons. The third-order valence-electron chi connectivity index (χ3n) is 4.02. The van der Waals surface area contributed by atoms with Crippen LogP contribution in [0.1, 0.15) is 20.3 Å². The van der Waals surface area contributed by atoms with Crippen molar-refractivity contribution in [2.24, 2.45) is 5.41 Å². The Balaban J connectivity index is 1.63. The van der Waals surface area contributed by atoms with Crippen LogP contribution in [-0.2, 0) is 0 Å². The fraction of sp³-hybridized carbons (Fsp3) is 0.562. The van der Waals surface area contributed by atoms with E-state index in [-0.39, 0.29) is 6.03 Å². The Morgan fingerprint density at radius 3 is 2.71 bits per heavy atom. The van der Waals surface area contributed by atoms with E-state index in [1.165, 1.54) is 17.9 Å². The van der Waals surface area contributed by atoms with Crippen molar-refractivity contribution in [1.29, 1.82) is 0 Å². The van der Waals surface area contributed by atoms with Gasteiger partial charge in [0.1, 0.15) is 0 Å². The van der Waals surface area contributed by atoms with Gasteiger partial charge < -0.3 is 10.6 Å². The van der Waals surface area contributed by atoms with Gasteiger partial charge in [0.15, 0.2) is 0 Å². The summed E-state index contributed by atoms with van der Waals surface area (Å²) in [6.07, 6.45) is 1.20. The summed E-state index contributed by atoms with van der Waals surface area (Å²) in [5.74, 6) is 2.41. The molecular formula is C16H23N3OS. The van der Waals surface area contributed by atoms with Gasteiger partial charge in [-0.05, 0) is 41.9 Å². The summed E-state index contributed by atoms with van der Waals surface area (Å²) in [6.45, 7) is 6.15. The van der Waals surface area contributed by atoms with Crippen LogP contribution in [0.3, 0.4) is 0 Å². The van der Waals surface area contributed by atoms with Crippen LogP contribution >= 0.6 is 11.8 Å². The van der Waals surface area contributed by atoms with E-state index in [9.17, 15) is 4.79 Å². The number of hydrogen-bond donors (Lipinski definition) is 2. The van der Waals surface area contributed by atoms with Crippen molar-refractivity contribution in [3.63, 3.8) is 0 Å². The molecule has 0 aromatic heterocycles. The average Bonchev–Trinajstić information content (AvgIpc) is 2.85. The quantitative estimate of drug-likeness (QED) is 0.901. The highest BCUT2D eigenvalue weighted by Crippen LogP contribution is 2.34. The van der Waals surface area contributed by atoms with Crippen LogP contribution in [0.5, 0.6) is 0 Å². The fourth-order valence-corrected chi connectivity index (χ4v) is 4.32. The van der Waals surface area contributed by atoms with Crippen LogP contribution in [0.4, 0.5) is 16.2 Å². The molecule has 1 unspecified atom stereocenters. The van der Waals surface area contributed by atoms with Gasteiger partial charge in [-0.15, -0.1) is 0 Å². The van der Waals surface area contributed by atoms with E-state index in [1.807, 2.05) is 23.9 Å². The predicted octanol–water partition coefficient (Wildman–Crippen LogP) is 3.16. The van der Waals surface area contributed by atoms with Crippen LogP contribution in [-0.4, -0.2) is 36.7 Å². The average molecular weight is 305 g/mol. The molecule has 2 N–H and O–H groups in total. The number of rotatable bonds is 3. The second-order valence-electron chi connectivity index (χ2n) is 6.66. The molecule has 2 fully saturated rings. The number of hydrogen-bond acceptors (Lipinski definition) is 3. The van der Waals surface area contributed by atoms with Crippen molar-refractivity contribution in [2.75, 3.05) is 34.8 Å². The number of thioether (sulfide) groups is 1. The van der Waals surface area contributed by atoms with Crippen molar-refractivity contribution < 1.29 is 4.79 Å². The lowest BCUT2D eigenvalue weighted by molar-refractivity contribution is 0.252. The molecule has 1 aromatic carbocycles. The molecular weight excluding hydrogens is 282 g/mol. The normalized spacial score (nSPS) is 24.8. The maximum Gasteiger partial charge on any atom is 0.321 e. The standard InChI is InChI=1S/C16H23N3OS/c1-16(2)9-13(10-21-11-16)18-12-3-5-14(6-4-12)19-8-7-17-15(19)20/h3-6,13,18H,7-11H2,1-2H3,(H,17,20). The zero-order valence-electron chi connectivity index (χ0n) is 12.7. The smallest absolute Gasteiger partial charge is 0.321 e. The minimum Gasteiger partial charge on any atom is -0.381 e. The van der Waals surface area contributed by atoms with Gasteiger partial charge in [0.2, 0.25) is 0 Å². The molecule has 2 aliphatic heterocycles. The largest absolute Gasteiger partial charge is 0.381 e. The second-order valence-corrected chi connectivity index (χ2v) is 7.69. The molecule has 2 heterocycles. The molecule has 0 bridgehead atoms. The molecule has 1 aromatic rings. The van der Waals surface area contributed by atoms with E-state index in [2.05, 4.69) is 36.6 Å². The fourth-order valence-electron chi connectivity index (χ4n) is 3.05. The lowest BCUT2D eigenvalue weighted by Crippen LogP contribution is -2.35. The molecule has 1 atom stereocenters. The van der Waals surface area contributed by atoms with Crippen LogP contribution in [0, 0.1) is 5.41 Å². The van der Waals surface area contributed by atoms with Crippen molar-refractivity contribution >= 4 is 29.2 Å². The Hall–Kier alpha value is -1.36. The minimum atomic E-state index is 0.00105. The van der Waals surface area contributed by atoms with E-state index in [0.29, 0.717) is 11.5 Å². The van der Waals surface area contributed by atoms with E-state index in [4.69, 9.17) is 0 Å². The number of amides is 2. The molecule has 0 saturated carbocycles. The number of nitrogens with one attached hydrogen (secondary N) is 2. The number of carbonyl (C=O) groups is 1. The first-order valence-corrected chi connectivity index (χ1v) is 8.69. The van der Waals surface area contributed by atoms with Crippen molar-refractivity contribution in [2.45, 2.75) is 26.3 Å². The third-order valence-corrected chi connectivity index (χ3v) is 5.64. The number of anilines is 2. The Labute approximate surface area is 130 Å². The molecule has 5 heteroatoms. The summed E-state index contributed by atoms with van der Waals surface area (Å²) < 4.78 is 0. The SMILES string of the molecule is CC1(C)CSCC(Nc2ccc(N3CCNC3=O)cc2)C1. The van der Waals surface area contributed by atoms with Gasteiger partial charge in [-0.1, -0.05) is 13.8 Å². The molecule has 3 rings (SSSR count). The Morgan fingerprint density at radius 1 is 1.33 bits per heavy atom. The topological polar surface area (TPSA) is 44.4 Å². The zero-order chi connectivity index (χ0) is 14.9. The number of benzene rings is 1. The first-order valence-electron chi connectivity index (χ1n) is 7.53. The molecule has 2 amide bonds. The van der Waals surface area contributed by atoms with Gasteiger partial charge in [-0.2, -0.15) is 11.8 Å². The monoisotopic (exact) mass is 305 g/mol. The molecule has 0 aliphatic carbocycles. The zero-order valence-corrected chi connectivity index (χ0v) is 13.5. The molecule has 21 heavy (non-hydrogen) atoms. The number of nitrogens with zero attached hydrogens (tertiary/aromatic N) is 1. The number of urea groups is 1. The Morgan fingerprint density at radius 2 is 2.10 bits per heavy atom. The van der Waals surface area contributed by atoms with Crippen LogP contribution < -0.4 is 15.5 Å². The van der Waals surface area contributed by atoms with Crippen molar-refractivity contribution in [1.82, 2.24) is 5.32 Å². The summed E-state index contributed by atoms with van der Waals surface area (Å²) in [5.41, 5.74) is 2.52. The van der Waals surface area contributed by atoms with E-state index in [1.54, 1.807) is 4.90 Å². The van der Waals surface area contributed by atoms with Crippen LogP contribution in [0.2, 0.25) is 0 Å². The van der Waals surface area contributed by atoms with Gasteiger partial charge in [0.05, 0.1) is 0 Å². The van der Waals surface area contributed by atoms with Gasteiger partial charge in [0.25, 0.3) is 0 Å². The highest BCUT2D eigenvalue weighted by Gasteiger charge is 2.28. The van der Waals surface area contributed by atoms with Gasteiger partial charge >= 0.3 is 6.03 Å². The highest BCUT2D eigenvalue weighted by atomic mass is 32.2.